The minimum absolute atomic E-state index is 0.675. The zero-order valence-corrected chi connectivity index (χ0v) is 13.2. The van der Waals surface area contributed by atoms with Crippen LogP contribution < -0.4 is 5.32 Å². The molecule has 2 atom stereocenters. The summed E-state index contributed by atoms with van der Waals surface area (Å²) in [7, 11) is 0. The highest BCUT2D eigenvalue weighted by molar-refractivity contribution is 5.25. The van der Waals surface area contributed by atoms with Crippen LogP contribution in [0.1, 0.15) is 57.6 Å². The van der Waals surface area contributed by atoms with Crippen LogP contribution in [0, 0.1) is 12.8 Å². The molecular weight excluding hydrogens is 230 g/mol. The monoisotopic (exact) mass is 261 g/mol. The Morgan fingerprint density at radius 3 is 2.53 bits per heavy atom. The molecule has 0 fully saturated rings. The van der Waals surface area contributed by atoms with Gasteiger partial charge in [-0.25, -0.2) is 0 Å². The highest BCUT2D eigenvalue weighted by Crippen LogP contribution is 2.16. The highest BCUT2D eigenvalue weighted by atomic mass is 14.9. The minimum Gasteiger partial charge on any atom is -0.314 e. The summed E-state index contributed by atoms with van der Waals surface area (Å²) in [5, 5.41) is 3.72. The van der Waals surface area contributed by atoms with Gasteiger partial charge >= 0.3 is 0 Å². The van der Waals surface area contributed by atoms with Crippen molar-refractivity contribution in [3.63, 3.8) is 0 Å². The molecule has 0 aliphatic carbocycles. The fourth-order valence-electron chi connectivity index (χ4n) is 2.52. The molecule has 19 heavy (non-hydrogen) atoms. The molecule has 0 heterocycles. The largest absolute Gasteiger partial charge is 0.314 e. The number of nitrogens with one attached hydrogen (secondary N) is 1. The van der Waals surface area contributed by atoms with Gasteiger partial charge < -0.3 is 5.32 Å². The van der Waals surface area contributed by atoms with Gasteiger partial charge in [0.15, 0.2) is 0 Å². The van der Waals surface area contributed by atoms with Gasteiger partial charge in [-0.1, -0.05) is 51.5 Å². The van der Waals surface area contributed by atoms with Gasteiger partial charge in [-0.3, -0.25) is 0 Å². The average molecular weight is 261 g/mol. The second kappa shape index (κ2) is 9.14. The summed E-state index contributed by atoms with van der Waals surface area (Å²) in [6.45, 7) is 10.3. The second-order valence-electron chi connectivity index (χ2n) is 5.87. The maximum absolute atomic E-state index is 3.72. The Bertz CT molecular complexity index is 345. The Morgan fingerprint density at radius 1 is 1.16 bits per heavy atom. The van der Waals surface area contributed by atoms with E-state index < -0.39 is 0 Å². The number of rotatable bonds is 9. The molecule has 0 saturated carbocycles. The third-order valence-corrected chi connectivity index (χ3v) is 4.09. The van der Waals surface area contributed by atoms with Crippen molar-refractivity contribution >= 4 is 0 Å². The molecule has 0 aliphatic rings. The lowest BCUT2D eigenvalue weighted by molar-refractivity contribution is 0.377. The van der Waals surface area contributed by atoms with Crippen LogP contribution in [0.4, 0.5) is 0 Å². The molecule has 0 saturated heterocycles. The van der Waals surface area contributed by atoms with E-state index in [4.69, 9.17) is 0 Å². The Kier molecular flexibility index (Phi) is 7.81. The van der Waals surface area contributed by atoms with Gasteiger partial charge in [-0.05, 0) is 56.2 Å². The molecule has 0 aromatic heterocycles. The number of benzene rings is 1. The molecule has 1 nitrogen and oxygen atoms in total. The summed E-state index contributed by atoms with van der Waals surface area (Å²) < 4.78 is 0. The fraction of sp³-hybridized carbons (Fsp3) is 0.667. The fourth-order valence-corrected chi connectivity index (χ4v) is 2.52. The first-order valence-electron chi connectivity index (χ1n) is 7.95. The molecule has 0 bridgehead atoms. The topological polar surface area (TPSA) is 12.0 Å². The summed E-state index contributed by atoms with van der Waals surface area (Å²) in [4.78, 5) is 0. The highest BCUT2D eigenvalue weighted by Gasteiger charge is 2.12. The number of hydrogen-bond acceptors (Lipinski definition) is 1. The van der Waals surface area contributed by atoms with Crippen molar-refractivity contribution < 1.29 is 0 Å². The standard InChI is InChI=1S/C18H31N/c1-5-13-19-18(14-15(3)6-2)12-11-17-10-8-7-9-16(17)4/h7-10,15,18-19H,5-6,11-14H2,1-4H3. The van der Waals surface area contributed by atoms with Crippen LogP contribution in [0.5, 0.6) is 0 Å². The third kappa shape index (κ3) is 6.24. The maximum Gasteiger partial charge on any atom is 0.00727 e. The van der Waals surface area contributed by atoms with Gasteiger partial charge in [0, 0.05) is 6.04 Å². The van der Waals surface area contributed by atoms with Crippen LogP contribution in [-0.4, -0.2) is 12.6 Å². The zero-order chi connectivity index (χ0) is 14.1. The van der Waals surface area contributed by atoms with E-state index in [0.717, 1.165) is 12.5 Å². The average Bonchev–Trinajstić information content (AvgIpc) is 2.43. The lowest BCUT2D eigenvalue weighted by Crippen LogP contribution is -2.32. The first-order chi connectivity index (χ1) is 9.17. The van der Waals surface area contributed by atoms with Crippen LogP contribution in [0.15, 0.2) is 24.3 Å². The Balaban J connectivity index is 2.49. The summed E-state index contributed by atoms with van der Waals surface area (Å²) in [6, 6.07) is 9.46. The summed E-state index contributed by atoms with van der Waals surface area (Å²) in [6.07, 6.45) is 6.28. The molecule has 1 aromatic carbocycles. The van der Waals surface area contributed by atoms with E-state index in [9.17, 15) is 0 Å². The van der Waals surface area contributed by atoms with Crippen LogP contribution in [0.3, 0.4) is 0 Å². The molecular formula is C18H31N. The molecule has 1 aromatic rings. The lowest BCUT2D eigenvalue weighted by Gasteiger charge is -2.22. The van der Waals surface area contributed by atoms with E-state index in [1.165, 1.54) is 43.2 Å². The van der Waals surface area contributed by atoms with E-state index in [0.29, 0.717) is 6.04 Å². The van der Waals surface area contributed by atoms with Crippen molar-refractivity contribution in [2.75, 3.05) is 6.54 Å². The van der Waals surface area contributed by atoms with Crippen molar-refractivity contribution in [3.05, 3.63) is 35.4 Å². The van der Waals surface area contributed by atoms with Gasteiger partial charge in [0.1, 0.15) is 0 Å². The van der Waals surface area contributed by atoms with E-state index in [1.807, 2.05) is 0 Å². The van der Waals surface area contributed by atoms with Gasteiger partial charge in [-0.15, -0.1) is 0 Å². The molecule has 0 spiro atoms. The van der Waals surface area contributed by atoms with Crippen molar-refractivity contribution in [1.82, 2.24) is 5.32 Å². The van der Waals surface area contributed by atoms with E-state index >= 15 is 0 Å². The van der Waals surface area contributed by atoms with Crippen molar-refractivity contribution in [2.45, 2.75) is 65.8 Å². The van der Waals surface area contributed by atoms with Crippen LogP contribution in [0.2, 0.25) is 0 Å². The Labute approximate surface area is 119 Å². The number of aryl methyl sites for hydroxylation is 2. The SMILES string of the molecule is CCCNC(CCc1ccccc1C)CC(C)CC. The van der Waals surface area contributed by atoms with Crippen molar-refractivity contribution in [3.8, 4) is 0 Å². The van der Waals surface area contributed by atoms with Gasteiger partial charge in [0.25, 0.3) is 0 Å². The molecule has 1 rings (SSSR count). The number of hydrogen-bond donors (Lipinski definition) is 1. The molecule has 2 unspecified atom stereocenters. The molecule has 1 N–H and O–H groups in total. The van der Waals surface area contributed by atoms with Gasteiger partial charge in [0.05, 0.1) is 0 Å². The quantitative estimate of drug-likeness (QED) is 0.677. The molecule has 0 aliphatic heterocycles. The molecule has 0 amide bonds. The Morgan fingerprint density at radius 2 is 1.89 bits per heavy atom. The van der Waals surface area contributed by atoms with Crippen LogP contribution in [0.25, 0.3) is 0 Å². The smallest absolute Gasteiger partial charge is 0.00727 e. The molecule has 0 radical (unpaired) electrons. The van der Waals surface area contributed by atoms with Gasteiger partial charge in [-0.2, -0.15) is 0 Å². The van der Waals surface area contributed by atoms with Crippen molar-refractivity contribution in [2.24, 2.45) is 5.92 Å². The summed E-state index contributed by atoms with van der Waals surface area (Å²) in [5.41, 5.74) is 2.94. The van der Waals surface area contributed by atoms with Crippen LogP contribution >= 0.6 is 0 Å². The minimum atomic E-state index is 0.675. The van der Waals surface area contributed by atoms with Gasteiger partial charge in [0.2, 0.25) is 0 Å². The normalized spacial score (nSPS) is 14.3. The predicted octanol–water partition coefficient (Wildman–Crippen LogP) is 4.73. The summed E-state index contributed by atoms with van der Waals surface area (Å²) in [5.74, 6) is 0.825. The third-order valence-electron chi connectivity index (χ3n) is 4.09. The second-order valence-corrected chi connectivity index (χ2v) is 5.87. The molecule has 1 heteroatoms. The van der Waals surface area contributed by atoms with E-state index in [2.05, 4.69) is 57.3 Å². The van der Waals surface area contributed by atoms with E-state index in [-0.39, 0.29) is 0 Å². The maximum atomic E-state index is 3.72. The first-order valence-corrected chi connectivity index (χ1v) is 7.95. The Hall–Kier alpha value is -0.820. The van der Waals surface area contributed by atoms with Crippen molar-refractivity contribution in [1.29, 1.82) is 0 Å². The van der Waals surface area contributed by atoms with E-state index in [1.54, 1.807) is 0 Å². The zero-order valence-electron chi connectivity index (χ0n) is 13.2. The first kappa shape index (κ1) is 16.2. The summed E-state index contributed by atoms with van der Waals surface area (Å²) >= 11 is 0. The molecule has 108 valence electrons. The lowest BCUT2D eigenvalue weighted by atomic mass is 9.93. The van der Waals surface area contributed by atoms with Crippen LogP contribution in [-0.2, 0) is 6.42 Å². The predicted molar refractivity (Wildman–Crippen MR) is 85.7 cm³/mol.